The lowest BCUT2D eigenvalue weighted by molar-refractivity contribution is 0.435. The molecule has 0 radical (unpaired) electrons. The van der Waals surface area contributed by atoms with Crippen LogP contribution in [0.5, 0.6) is 0 Å². The van der Waals surface area contributed by atoms with Crippen LogP contribution in [0.15, 0.2) is 6.07 Å². The highest BCUT2D eigenvalue weighted by atomic mass is 32.1. The maximum Gasteiger partial charge on any atom is 0.0417 e. The number of hydrogen-bond acceptors (Lipinski definition) is 2. The number of fused-ring (bicyclic) bond motifs is 1. The molecule has 108 valence electrons. The van der Waals surface area contributed by atoms with Gasteiger partial charge < -0.3 is 5.32 Å². The molecular weight excluding hydrogens is 250 g/mol. The van der Waals surface area contributed by atoms with Crippen LogP contribution >= 0.6 is 11.3 Å². The summed E-state index contributed by atoms with van der Waals surface area (Å²) in [6.07, 6.45) is 9.32. The molecule has 0 saturated heterocycles. The normalized spacial score (nSPS) is 17.3. The molecule has 0 aliphatic heterocycles. The van der Waals surface area contributed by atoms with Crippen LogP contribution in [-0.4, -0.2) is 6.54 Å². The Balaban J connectivity index is 2.11. The Morgan fingerprint density at radius 3 is 2.74 bits per heavy atom. The Kier molecular flexibility index (Phi) is 5.90. The molecule has 0 aromatic carbocycles. The summed E-state index contributed by atoms with van der Waals surface area (Å²) < 4.78 is 0. The van der Waals surface area contributed by atoms with Gasteiger partial charge in [0.1, 0.15) is 0 Å². The summed E-state index contributed by atoms with van der Waals surface area (Å²) >= 11 is 2.09. The van der Waals surface area contributed by atoms with Gasteiger partial charge in [0.05, 0.1) is 0 Å². The first kappa shape index (κ1) is 15.1. The fourth-order valence-corrected chi connectivity index (χ4v) is 4.30. The molecule has 2 rings (SSSR count). The Hall–Kier alpha value is -0.340. The van der Waals surface area contributed by atoms with Crippen LogP contribution in [0.25, 0.3) is 0 Å². The standard InChI is InChI=1S/C17H29NS/c1-4-10-18-15(11-13(2)3)17-12-14-8-6-5-7-9-16(14)19-17/h12-13,15,18H,4-11H2,1-3H3. The van der Waals surface area contributed by atoms with E-state index in [4.69, 9.17) is 0 Å². The molecule has 19 heavy (non-hydrogen) atoms. The lowest BCUT2D eigenvalue weighted by Crippen LogP contribution is -2.22. The van der Waals surface area contributed by atoms with Gasteiger partial charge in [0, 0.05) is 15.8 Å². The molecule has 1 aliphatic carbocycles. The minimum Gasteiger partial charge on any atom is -0.309 e. The maximum atomic E-state index is 3.75. The molecule has 0 fully saturated rings. The van der Waals surface area contributed by atoms with E-state index in [1.54, 1.807) is 15.3 Å². The minimum atomic E-state index is 0.580. The summed E-state index contributed by atoms with van der Waals surface area (Å²) in [6, 6.07) is 3.10. The fraction of sp³-hybridized carbons (Fsp3) is 0.765. The van der Waals surface area contributed by atoms with E-state index in [-0.39, 0.29) is 0 Å². The number of aryl methyl sites for hydroxylation is 2. The van der Waals surface area contributed by atoms with Crippen LogP contribution in [-0.2, 0) is 12.8 Å². The van der Waals surface area contributed by atoms with Crippen molar-refractivity contribution < 1.29 is 0 Å². The lowest BCUT2D eigenvalue weighted by Gasteiger charge is -2.19. The smallest absolute Gasteiger partial charge is 0.0417 e. The monoisotopic (exact) mass is 279 g/mol. The van der Waals surface area contributed by atoms with Crippen molar-refractivity contribution >= 4 is 11.3 Å². The molecule has 0 spiro atoms. The van der Waals surface area contributed by atoms with Crippen LogP contribution in [0.4, 0.5) is 0 Å². The van der Waals surface area contributed by atoms with Gasteiger partial charge in [-0.15, -0.1) is 11.3 Å². The van der Waals surface area contributed by atoms with Crippen molar-refractivity contribution in [1.82, 2.24) is 5.32 Å². The zero-order valence-corrected chi connectivity index (χ0v) is 13.6. The van der Waals surface area contributed by atoms with Crippen LogP contribution in [0.2, 0.25) is 0 Å². The quantitative estimate of drug-likeness (QED) is 0.714. The van der Waals surface area contributed by atoms with Gasteiger partial charge in [0.2, 0.25) is 0 Å². The molecule has 1 N–H and O–H groups in total. The topological polar surface area (TPSA) is 12.0 Å². The summed E-state index contributed by atoms with van der Waals surface area (Å²) in [6.45, 7) is 8.06. The highest BCUT2D eigenvalue weighted by Gasteiger charge is 2.19. The third-order valence-corrected chi connectivity index (χ3v) is 5.31. The largest absolute Gasteiger partial charge is 0.309 e. The second-order valence-electron chi connectivity index (χ2n) is 6.29. The molecule has 1 aliphatic rings. The number of thiophene rings is 1. The van der Waals surface area contributed by atoms with Gasteiger partial charge in [0.15, 0.2) is 0 Å². The molecule has 1 aromatic heterocycles. The molecule has 0 amide bonds. The Morgan fingerprint density at radius 1 is 1.21 bits per heavy atom. The predicted molar refractivity (Wildman–Crippen MR) is 86.1 cm³/mol. The van der Waals surface area contributed by atoms with Crippen molar-refractivity contribution in [2.24, 2.45) is 5.92 Å². The molecule has 1 unspecified atom stereocenters. The number of rotatable bonds is 6. The van der Waals surface area contributed by atoms with Crippen molar-refractivity contribution in [3.63, 3.8) is 0 Å². The third-order valence-electron chi connectivity index (χ3n) is 3.96. The van der Waals surface area contributed by atoms with Gasteiger partial charge in [0.25, 0.3) is 0 Å². The summed E-state index contributed by atoms with van der Waals surface area (Å²) in [5, 5.41) is 3.75. The molecule has 0 saturated carbocycles. The highest BCUT2D eigenvalue weighted by molar-refractivity contribution is 7.12. The van der Waals surface area contributed by atoms with Gasteiger partial charge in [-0.3, -0.25) is 0 Å². The van der Waals surface area contributed by atoms with Gasteiger partial charge in [-0.25, -0.2) is 0 Å². The van der Waals surface area contributed by atoms with Crippen LogP contribution in [0.3, 0.4) is 0 Å². The Bertz CT molecular complexity index is 357. The molecule has 1 heterocycles. The van der Waals surface area contributed by atoms with Crippen molar-refractivity contribution in [1.29, 1.82) is 0 Å². The lowest BCUT2D eigenvalue weighted by atomic mass is 10.0. The van der Waals surface area contributed by atoms with E-state index in [2.05, 4.69) is 43.5 Å². The van der Waals surface area contributed by atoms with E-state index in [9.17, 15) is 0 Å². The average molecular weight is 279 g/mol. The predicted octanol–water partition coefficient (Wildman–Crippen LogP) is 5.10. The van der Waals surface area contributed by atoms with Gasteiger partial charge in [-0.2, -0.15) is 0 Å². The van der Waals surface area contributed by atoms with Gasteiger partial charge in [-0.1, -0.05) is 27.2 Å². The molecular formula is C17H29NS. The van der Waals surface area contributed by atoms with Crippen molar-refractivity contribution in [2.75, 3.05) is 6.54 Å². The summed E-state index contributed by atoms with van der Waals surface area (Å²) in [5.41, 5.74) is 1.66. The molecule has 1 aromatic rings. The summed E-state index contributed by atoms with van der Waals surface area (Å²) in [4.78, 5) is 3.27. The average Bonchev–Trinajstić information content (AvgIpc) is 2.65. The third kappa shape index (κ3) is 4.32. The SMILES string of the molecule is CCCNC(CC(C)C)c1cc2c(s1)CCCCC2. The molecule has 1 nitrogen and oxygen atoms in total. The zero-order valence-electron chi connectivity index (χ0n) is 12.8. The van der Waals surface area contributed by atoms with Crippen LogP contribution in [0.1, 0.15) is 74.2 Å². The first-order valence-corrected chi connectivity index (χ1v) is 8.87. The van der Waals surface area contributed by atoms with Crippen molar-refractivity contribution in [2.45, 2.75) is 71.8 Å². The molecule has 0 bridgehead atoms. The first-order chi connectivity index (χ1) is 9.20. The highest BCUT2D eigenvalue weighted by Crippen LogP contribution is 2.34. The molecule has 1 atom stereocenters. The van der Waals surface area contributed by atoms with E-state index < -0.39 is 0 Å². The van der Waals surface area contributed by atoms with E-state index in [1.165, 1.54) is 44.9 Å². The van der Waals surface area contributed by atoms with Crippen LogP contribution in [0, 0.1) is 5.92 Å². The van der Waals surface area contributed by atoms with E-state index in [1.807, 2.05) is 0 Å². The van der Waals surface area contributed by atoms with Crippen molar-refractivity contribution in [3.8, 4) is 0 Å². The maximum absolute atomic E-state index is 3.75. The van der Waals surface area contributed by atoms with Crippen LogP contribution < -0.4 is 5.32 Å². The second kappa shape index (κ2) is 7.44. The zero-order chi connectivity index (χ0) is 13.7. The van der Waals surface area contributed by atoms with E-state index >= 15 is 0 Å². The first-order valence-electron chi connectivity index (χ1n) is 8.05. The summed E-state index contributed by atoms with van der Waals surface area (Å²) in [7, 11) is 0. The minimum absolute atomic E-state index is 0.580. The Morgan fingerprint density at radius 2 is 2.00 bits per heavy atom. The molecule has 2 heteroatoms. The van der Waals surface area contributed by atoms with Crippen molar-refractivity contribution in [3.05, 3.63) is 21.4 Å². The number of hydrogen-bond donors (Lipinski definition) is 1. The summed E-state index contributed by atoms with van der Waals surface area (Å²) in [5.74, 6) is 0.760. The Labute approximate surface area is 122 Å². The second-order valence-corrected chi connectivity index (χ2v) is 7.46. The van der Waals surface area contributed by atoms with E-state index in [0.717, 1.165) is 12.5 Å². The van der Waals surface area contributed by atoms with Gasteiger partial charge >= 0.3 is 0 Å². The van der Waals surface area contributed by atoms with E-state index in [0.29, 0.717) is 6.04 Å². The number of nitrogens with one attached hydrogen (secondary N) is 1. The van der Waals surface area contributed by atoms with Gasteiger partial charge in [-0.05, 0) is 62.6 Å². The fourth-order valence-electron chi connectivity index (χ4n) is 2.95.